The van der Waals surface area contributed by atoms with Crippen LogP contribution in [0.25, 0.3) is 10.9 Å². The van der Waals surface area contributed by atoms with Gasteiger partial charge in [0.25, 0.3) is 0 Å². The largest absolute Gasteiger partial charge is 0.504 e. The molecule has 1 aromatic heterocycles. The van der Waals surface area contributed by atoms with Gasteiger partial charge in [-0.2, -0.15) is 0 Å². The van der Waals surface area contributed by atoms with Crippen molar-refractivity contribution in [2.75, 3.05) is 13.1 Å². The highest BCUT2D eigenvalue weighted by Gasteiger charge is 2.73. The molecular formula is C28H26N4O3. The monoisotopic (exact) mass is 466 g/mol. The van der Waals surface area contributed by atoms with E-state index >= 15 is 0 Å². The minimum absolute atomic E-state index is 0.0139. The van der Waals surface area contributed by atoms with Gasteiger partial charge in [0.2, 0.25) is 0 Å². The summed E-state index contributed by atoms with van der Waals surface area (Å²) in [4.78, 5) is 12.5. The van der Waals surface area contributed by atoms with E-state index in [-0.39, 0.29) is 11.8 Å². The third-order valence-corrected chi connectivity index (χ3v) is 9.83. The van der Waals surface area contributed by atoms with E-state index in [0.717, 1.165) is 70.8 Å². The maximum atomic E-state index is 12.9. The molecule has 1 saturated carbocycles. The molecule has 4 heterocycles. The first-order valence-electron chi connectivity index (χ1n) is 12.8. The number of hydrogen-bond donors (Lipinski definition) is 3. The summed E-state index contributed by atoms with van der Waals surface area (Å²) in [6.45, 7) is 1.96. The lowest BCUT2D eigenvalue weighted by Crippen LogP contribution is -2.74. The number of nitrogens with two attached hydrogens (primary N) is 1. The molecule has 3 aromatic rings. The van der Waals surface area contributed by atoms with Gasteiger partial charge in [-0.1, -0.05) is 18.2 Å². The van der Waals surface area contributed by atoms with Crippen LogP contribution in [-0.4, -0.2) is 50.7 Å². The third-order valence-electron chi connectivity index (χ3n) is 9.83. The predicted molar refractivity (Wildman–Crippen MR) is 130 cm³/mol. The number of piperidine rings is 1. The number of rotatable bonds is 2. The molecule has 3 aliphatic carbocycles. The molecule has 2 bridgehead atoms. The Morgan fingerprint density at radius 1 is 1.20 bits per heavy atom. The maximum absolute atomic E-state index is 12.9. The van der Waals surface area contributed by atoms with Gasteiger partial charge in [0, 0.05) is 41.1 Å². The van der Waals surface area contributed by atoms with E-state index in [2.05, 4.69) is 4.90 Å². The number of fused-ring (bicyclic) bond motifs is 3. The number of pyridine rings is 1. The van der Waals surface area contributed by atoms with E-state index in [0.29, 0.717) is 18.0 Å². The highest BCUT2D eigenvalue weighted by atomic mass is 16.5. The molecule has 9 rings (SSSR count). The van der Waals surface area contributed by atoms with Crippen molar-refractivity contribution in [1.82, 2.24) is 9.88 Å². The molecule has 176 valence electrons. The highest BCUT2D eigenvalue weighted by molar-refractivity contribution is 6.18. The zero-order valence-electron chi connectivity index (χ0n) is 19.3. The van der Waals surface area contributed by atoms with Gasteiger partial charge in [0.05, 0.1) is 27.9 Å². The predicted octanol–water partition coefficient (Wildman–Crippen LogP) is 2.99. The third kappa shape index (κ3) is 2.01. The fourth-order valence-electron chi connectivity index (χ4n) is 8.18. The van der Waals surface area contributed by atoms with Gasteiger partial charge in [-0.15, -0.1) is 0 Å². The van der Waals surface area contributed by atoms with E-state index < -0.39 is 17.1 Å². The van der Waals surface area contributed by atoms with Gasteiger partial charge in [-0.3, -0.25) is 4.90 Å². The lowest BCUT2D eigenvalue weighted by atomic mass is 9.48. The molecule has 0 unspecified atom stereocenters. The van der Waals surface area contributed by atoms with Gasteiger partial charge in [-0.05, 0) is 55.8 Å². The van der Waals surface area contributed by atoms with E-state index in [4.69, 9.17) is 20.4 Å². The summed E-state index contributed by atoms with van der Waals surface area (Å²) in [6, 6.07) is 9.73. The Labute approximate surface area is 202 Å². The number of likely N-dealkylation sites (tertiary alicyclic amines) is 1. The fourth-order valence-corrected chi connectivity index (χ4v) is 8.18. The standard InChI is InChI=1S/C28H26N4O3/c29-26-15-2-1-3-17-20(15)22(31-26)16-11-28(34)19-10-14-6-7-18(33)24-21(14)27(28,25(35-24)23(16)30-17)8-9-32(19)12-13-4-5-13/h1-3,6-7,13,19,25,33-34H,4-5,8-12H2,(H2,29,31)/t19-,25-,27-,28+/m0/s1. The molecule has 4 N–H and O–H groups in total. The van der Waals surface area contributed by atoms with E-state index in [1.165, 1.54) is 18.4 Å². The van der Waals surface area contributed by atoms with Crippen LogP contribution in [0, 0.1) is 5.92 Å². The summed E-state index contributed by atoms with van der Waals surface area (Å²) in [5.41, 5.74) is 11.2. The summed E-state index contributed by atoms with van der Waals surface area (Å²) >= 11 is 0. The van der Waals surface area contributed by atoms with E-state index in [1.807, 2.05) is 24.3 Å². The van der Waals surface area contributed by atoms with Gasteiger partial charge in [-0.25, -0.2) is 9.98 Å². The Hall–Kier alpha value is -3.16. The molecule has 2 fully saturated rings. The van der Waals surface area contributed by atoms with E-state index in [9.17, 15) is 10.2 Å². The lowest BCUT2D eigenvalue weighted by Gasteiger charge is -2.63. The smallest absolute Gasteiger partial charge is 0.166 e. The van der Waals surface area contributed by atoms with Crippen LogP contribution in [0.15, 0.2) is 35.3 Å². The first-order valence-corrected chi connectivity index (χ1v) is 12.8. The Morgan fingerprint density at radius 3 is 2.94 bits per heavy atom. The summed E-state index contributed by atoms with van der Waals surface area (Å²) in [5.74, 6) is 1.92. The molecule has 2 aromatic carbocycles. The molecule has 1 saturated heterocycles. The van der Waals surface area contributed by atoms with Crippen LogP contribution in [0.1, 0.15) is 53.3 Å². The molecule has 1 spiro atoms. The number of aromatic nitrogens is 1. The van der Waals surface area contributed by atoms with Crippen LogP contribution >= 0.6 is 0 Å². The number of ether oxygens (including phenoxy) is 1. The number of aliphatic hydroxyl groups is 1. The van der Waals surface area contributed by atoms with Gasteiger partial charge in [0.1, 0.15) is 5.84 Å². The topological polar surface area (TPSA) is 104 Å². The summed E-state index contributed by atoms with van der Waals surface area (Å²) in [6.07, 6.45) is 4.10. The van der Waals surface area contributed by atoms with Crippen molar-refractivity contribution < 1.29 is 14.9 Å². The van der Waals surface area contributed by atoms with Crippen LogP contribution in [0.2, 0.25) is 0 Å². The van der Waals surface area contributed by atoms with Crippen molar-refractivity contribution in [3.63, 3.8) is 0 Å². The molecular weight excluding hydrogens is 440 g/mol. The number of benzene rings is 2. The summed E-state index contributed by atoms with van der Waals surface area (Å²) in [5, 5.41) is 24.7. The minimum Gasteiger partial charge on any atom is -0.504 e. The molecule has 35 heavy (non-hydrogen) atoms. The lowest BCUT2D eigenvalue weighted by molar-refractivity contribution is -0.173. The zero-order valence-corrected chi connectivity index (χ0v) is 19.3. The molecule has 7 heteroatoms. The number of aliphatic imine (C=N–C) groups is 1. The number of hydrogen-bond acceptors (Lipinski definition) is 7. The van der Waals surface area contributed by atoms with Gasteiger partial charge < -0.3 is 20.7 Å². The second-order valence-electron chi connectivity index (χ2n) is 11.4. The SMILES string of the molecule is NC1=Nc2c3c(nc4cccc1c24)[C@@H]1Oc2c(O)ccc4c2[C@@]12CCN(CC1CC1)[C@@H](C4)[C@]2(O)C3. The molecule has 0 amide bonds. The molecule has 4 atom stereocenters. The Morgan fingerprint density at radius 2 is 2.09 bits per heavy atom. The van der Waals surface area contributed by atoms with Crippen LogP contribution in [0.5, 0.6) is 11.5 Å². The van der Waals surface area contributed by atoms with E-state index in [1.54, 1.807) is 6.07 Å². The van der Waals surface area contributed by atoms with Crippen LogP contribution in [0.3, 0.4) is 0 Å². The van der Waals surface area contributed by atoms with Crippen molar-refractivity contribution in [1.29, 1.82) is 0 Å². The van der Waals surface area contributed by atoms with Crippen LogP contribution in [0.4, 0.5) is 5.69 Å². The van der Waals surface area contributed by atoms with Gasteiger partial charge in [0.15, 0.2) is 17.6 Å². The Bertz CT molecular complexity index is 1550. The molecule has 0 radical (unpaired) electrons. The number of amidine groups is 1. The zero-order chi connectivity index (χ0) is 23.3. The number of nitrogens with zero attached hydrogens (tertiary/aromatic N) is 3. The van der Waals surface area contributed by atoms with Crippen molar-refractivity contribution >= 4 is 22.4 Å². The number of aromatic hydroxyl groups is 1. The second-order valence-corrected chi connectivity index (χ2v) is 11.4. The normalized spacial score (nSPS) is 33.3. The van der Waals surface area contributed by atoms with Crippen molar-refractivity contribution in [2.24, 2.45) is 16.6 Å². The first-order chi connectivity index (χ1) is 17.0. The van der Waals surface area contributed by atoms with Crippen LogP contribution < -0.4 is 10.5 Å². The minimum atomic E-state index is -1.04. The highest BCUT2D eigenvalue weighted by Crippen LogP contribution is 2.69. The summed E-state index contributed by atoms with van der Waals surface area (Å²) in [7, 11) is 0. The fraction of sp³-hybridized carbons (Fsp3) is 0.429. The molecule has 7 nitrogen and oxygen atoms in total. The Balaban J connectivity index is 1.36. The number of phenols is 1. The molecule has 3 aliphatic heterocycles. The summed E-state index contributed by atoms with van der Waals surface area (Å²) < 4.78 is 6.65. The van der Waals surface area contributed by atoms with Crippen LogP contribution in [-0.2, 0) is 18.3 Å². The maximum Gasteiger partial charge on any atom is 0.166 e. The average molecular weight is 467 g/mol. The quantitative estimate of drug-likeness (QED) is 0.537. The average Bonchev–Trinajstić information content (AvgIpc) is 3.49. The molecule has 6 aliphatic rings. The second kappa shape index (κ2) is 5.79. The van der Waals surface area contributed by atoms with Gasteiger partial charge >= 0.3 is 0 Å². The first kappa shape index (κ1) is 19.1. The number of phenolic OH excluding ortho intramolecular Hbond substituents is 1. The Kier molecular flexibility index (Phi) is 3.16. The van der Waals surface area contributed by atoms with Crippen molar-refractivity contribution in [2.45, 2.75) is 55.3 Å². The van der Waals surface area contributed by atoms with Crippen molar-refractivity contribution in [3.8, 4) is 11.5 Å². The van der Waals surface area contributed by atoms with Crippen molar-refractivity contribution in [3.05, 3.63) is 58.3 Å².